The third kappa shape index (κ3) is 2.67. The lowest BCUT2D eigenvalue weighted by molar-refractivity contribution is -0.125. The number of amides is 1. The molecule has 4 nitrogen and oxygen atoms in total. The zero-order chi connectivity index (χ0) is 13.6. The summed E-state index contributed by atoms with van der Waals surface area (Å²) >= 11 is 0. The van der Waals surface area contributed by atoms with Gasteiger partial charge in [-0.3, -0.25) is 4.79 Å². The predicted molar refractivity (Wildman–Crippen MR) is 73.3 cm³/mol. The van der Waals surface area contributed by atoms with Crippen molar-refractivity contribution in [3.05, 3.63) is 0 Å². The minimum Gasteiger partial charge on any atom is -0.353 e. The minimum atomic E-state index is -2.96. The maximum absolute atomic E-state index is 12.1. The SMILES string of the molecule is C[C@H](NC(=O)[C@H]1CCS(=O)(=O)C1)[C@@H]1C[C@H]2CC[C@H]1C2. The van der Waals surface area contributed by atoms with E-state index in [0.29, 0.717) is 12.3 Å². The molecule has 1 heterocycles. The fourth-order valence-electron chi connectivity index (χ4n) is 4.36. The van der Waals surface area contributed by atoms with E-state index in [9.17, 15) is 13.2 Å². The molecule has 19 heavy (non-hydrogen) atoms. The number of sulfone groups is 1. The molecule has 0 aromatic heterocycles. The summed E-state index contributed by atoms with van der Waals surface area (Å²) < 4.78 is 22.8. The third-order valence-electron chi connectivity index (χ3n) is 5.41. The average Bonchev–Trinajstić information content (AvgIpc) is 3.02. The van der Waals surface area contributed by atoms with Crippen LogP contribution in [0.1, 0.15) is 39.0 Å². The standard InChI is InChI=1S/C14H23NO3S/c1-9(13-7-10-2-3-11(13)6-10)15-14(16)12-4-5-19(17,18)8-12/h9-13H,2-8H2,1H3,(H,15,16)/t9-,10-,11-,12-,13-/m0/s1. The lowest BCUT2D eigenvalue weighted by atomic mass is 9.84. The van der Waals surface area contributed by atoms with Gasteiger partial charge in [-0.25, -0.2) is 8.42 Å². The first kappa shape index (κ1) is 13.4. The van der Waals surface area contributed by atoms with E-state index in [1.807, 2.05) is 0 Å². The molecule has 0 aromatic rings. The van der Waals surface area contributed by atoms with Crippen LogP contribution >= 0.6 is 0 Å². The third-order valence-corrected chi connectivity index (χ3v) is 7.18. The predicted octanol–water partition coefficient (Wildman–Crippen LogP) is 1.36. The molecular weight excluding hydrogens is 262 g/mol. The lowest BCUT2D eigenvalue weighted by Crippen LogP contribution is -2.43. The number of rotatable bonds is 3. The van der Waals surface area contributed by atoms with Crippen LogP contribution in [-0.2, 0) is 14.6 Å². The molecule has 108 valence electrons. The van der Waals surface area contributed by atoms with Gasteiger partial charge in [0, 0.05) is 6.04 Å². The van der Waals surface area contributed by atoms with Crippen molar-refractivity contribution in [3.63, 3.8) is 0 Å². The summed E-state index contributed by atoms with van der Waals surface area (Å²) in [6.45, 7) is 2.09. The van der Waals surface area contributed by atoms with Gasteiger partial charge in [-0.05, 0) is 50.4 Å². The van der Waals surface area contributed by atoms with Crippen LogP contribution in [0.4, 0.5) is 0 Å². The molecule has 1 aliphatic heterocycles. The summed E-state index contributed by atoms with van der Waals surface area (Å²) in [5.74, 6) is 2.13. The van der Waals surface area contributed by atoms with E-state index in [0.717, 1.165) is 11.8 Å². The lowest BCUT2D eigenvalue weighted by Gasteiger charge is -2.29. The number of hydrogen-bond acceptors (Lipinski definition) is 3. The summed E-state index contributed by atoms with van der Waals surface area (Å²) in [5, 5.41) is 3.08. The fourth-order valence-corrected chi connectivity index (χ4v) is 6.10. The molecule has 3 aliphatic rings. The van der Waals surface area contributed by atoms with Crippen LogP contribution in [0.2, 0.25) is 0 Å². The Kier molecular flexibility index (Phi) is 3.36. The van der Waals surface area contributed by atoms with Crippen LogP contribution in [0.5, 0.6) is 0 Å². The molecule has 5 heteroatoms. The van der Waals surface area contributed by atoms with Gasteiger partial charge in [0.05, 0.1) is 17.4 Å². The van der Waals surface area contributed by atoms with Gasteiger partial charge in [0.2, 0.25) is 5.91 Å². The topological polar surface area (TPSA) is 63.2 Å². The normalized spacial score (nSPS) is 41.3. The number of hydrogen-bond donors (Lipinski definition) is 1. The second kappa shape index (κ2) is 4.76. The van der Waals surface area contributed by atoms with Crippen molar-refractivity contribution in [2.24, 2.45) is 23.7 Å². The van der Waals surface area contributed by atoms with Crippen molar-refractivity contribution in [1.29, 1.82) is 0 Å². The second-order valence-corrected chi connectivity index (χ2v) is 8.96. The highest BCUT2D eigenvalue weighted by Gasteiger charge is 2.43. The van der Waals surface area contributed by atoms with Gasteiger partial charge in [-0.1, -0.05) is 6.42 Å². The first-order valence-corrected chi connectivity index (χ1v) is 9.27. The van der Waals surface area contributed by atoms with Crippen molar-refractivity contribution < 1.29 is 13.2 Å². The molecule has 3 fully saturated rings. The molecule has 0 spiro atoms. The summed E-state index contributed by atoms with van der Waals surface area (Å²) in [7, 11) is -2.96. The molecule has 3 rings (SSSR count). The Hall–Kier alpha value is -0.580. The second-order valence-electron chi connectivity index (χ2n) is 6.74. The Morgan fingerprint density at radius 1 is 1.21 bits per heavy atom. The van der Waals surface area contributed by atoms with E-state index in [1.165, 1.54) is 25.7 Å². The van der Waals surface area contributed by atoms with E-state index in [4.69, 9.17) is 0 Å². The minimum absolute atomic E-state index is 0.0439. The van der Waals surface area contributed by atoms with Gasteiger partial charge in [-0.15, -0.1) is 0 Å². The Balaban J connectivity index is 1.55. The fraction of sp³-hybridized carbons (Fsp3) is 0.929. The molecule has 2 saturated carbocycles. The van der Waals surface area contributed by atoms with Crippen LogP contribution in [0, 0.1) is 23.7 Å². The monoisotopic (exact) mass is 285 g/mol. The van der Waals surface area contributed by atoms with Crippen molar-refractivity contribution in [3.8, 4) is 0 Å². The summed E-state index contributed by atoms with van der Waals surface area (Å²) in [6, 6.07) is 0.200. The summed E-state index contributed by atoms with van der Waals surface area (Å²) in [4.78, 5) is 12.1. The largest absolute Gasteiger partial charge is 0.353 e. The summed E-state index contributed by atoms with van der Waals surface area (Å²) in [5.41, 5.74) is 0. The van der Waals surface area contributed by atoms with Crippen LogP contribution in [-0.4, -0.2) is 31.9 Å². The first-order valence-electron chi connectivity index (χ1n) is 7.45. The van der Waals surface area contributed by atoms with E-state index in [-0.39, 0.29) is 29.4 Å². The molecule has 2 aliphatic carbocycles. The van der Waals surface area contributed by atoms with E-state index in [1.54, 1.807) is 0 Å². The van der Waals surface area contributed by atoms with E-state index < -0.39 is 9.84 Å². The quantitative estimate of drug-likeness (QED) is 0.851. The van der Waals surface area contributed by atoms with Gasteiger partial charge in [-0.2, -0.15) is 0 Å². The number of carbonyl (C=O) groups excluding carboxylic acids is 1. The van der Waals surface area contributed by atoms with Crippen LogP contribution in [0.3, 0.4) is 0 Å². The molecule has 0 radical (unpaired) electrons. The molecule has 2 bridgehead atoms. The van der Waals surface area contributed by atoms with Gasteiger partial charge in [0.25, 0.3) is 0 Å². The molecule has 0 unspecified atom stereocenters. The van der Waals surface area contributed by atoms with Crippen LogP contribution < -0.4 is 5.32 Å². The van der Waals surface area contributed by atoms with Crippen LogP contribution in [0.15, 0.2) is 0 Å². The smallest absolute Gasteiger partial charge is 0.224 e. The van der Waals surface area contributed by atoms with Crippen molar-refractivity contribution in [2.75, 3.05) is 11.5 Å². The molecule has 0 aromatic carbocycles. The Labute approximate surface area is 115 Å². The Morgan fingerprint density at radius 3 is 2.53 bits per heavy atom. The van der Waals surface area contributed by atoms with Crippen molar-refractivity contribution in [1.82, 2.24) is 5.32 Å². The molecule has 5 atom stereocenters. The van der Waals surface area contributed by atoms with E-state index in [2.05, 4.69) is 12.2 Å². The average molecular weight is 285 g/mol. The Bertz CT molecular complexity index is 473. The van der Waals surface area contributed by atoms with Crippen molar-refractivity contribution >= 4 is 15.7 Å². The van der Waals surface area contributed by atoms with Gasteiger partial charge in [0.1, 0.15) is 0 Å². The highest BCUT2D eigenvalue weighted by atomic mass is 32.2. The maximum atomic E-state index is 12.1. The summed E-state index contributed by atoms with van der Waals surface area (Å²) in [6.07, 6.45) is 5.76. The number of carbonyl (C=O) groups is 1. The zero-order valence-corrected chi connectivity index (χ0v) is 12.3. The first-order chi connectivity index (χ1) is 8.94. The maximum Gasteiger partial charge on any atom is 0.224 e. The van der Waals surface area contributed by atoms with Gasteiger partial charge in [0.15, 0.2) is 9.84 Å². The Morgan fingerprint density at radius 2 is 2.00 bits per heavy atom. The van der Waals surface area contributed by atoms with Crippen LogP contribution in [0.25, 0.3) is 0 Å². The molecule has 1 saturated heterocycles. The zero-order valence-electron chi connectivity index (χ0n) is 11.5. The highest BCUT2D eigenvalue weighted by Crippen LogP contribution is 2.49. The highest BCUT2D eigenvalue weighted by molar-refractivity contribution is 7.91. The number of fused-ring (bicyclic) bond motifs is 2. The number of nitrogens with one attached hydrogen (secondary N) is 1. The van der Waals surface area contributed by atoms with Gasteiger partial charge < -0.3 is 5.32 Å². The molecular formula is C14H23NO3S. The molecule has 1 amide bonds. The van der Waals surface area contributed by atoms with Crippen molar-refractivity contribution in [2.45, 2.75) is 45.1 Å². The van der Waals surface area contributed by atoms with E-state index >= 15 is 0 Å². The molecule has 1 N–H and O–H groups in total. The van der Waals surface area contributed by atoms with Gasteiger partial charge >= 0.3 is 0 Å².